The summed E-state index contributed by atoms with van der Waals surface area (Å²) in [5, 5.41) is 1.27. The van der Waals surface area contributed by atoms with Gasteiger partial charge in [-0.25, -0.2) is 4.99 Å². The number of hydrogen-bond donors (Lipinski definition) is 1. The van der Waals surface area contributed by atoms with E-state index in [1.807, 2.05) is 36.4 Å². The van der Waals surface area contributed by atoms with E-state index < -0.39 is 0 Å². The molecule has 2 aromatic carbocycles. The molecular formula is C15H12Cl2N2O. The number of fused-ring (bicyclic) bond motifs is 1. The van der Waals surface area contributed by atoms with Crippen LogP contribution in [0, 0.1) is 0 Å². The molecule has 3 nitrogen and oxygen atoms in total. The zero-order valence-electron chi connectivity index (χ0n) is 10.5. The minimum absolute atomic E-state index is 0.252. The van der Waals surface area contributed by atoms with E-state index in [1.54, 1.807) is 6.07 Å². The number of hydrogen-bond acceptors (Lipinski definition) is 3. The Morgan fingerprint density at radius 1 is 1.10 bits per heavy atom. The number of amidine groups is 1. The van der Waals surface area contributed by atoms with Gasteiger partial charge >= 0.3 is 0 Å². The van der Waals surface area contributed by atoms with Gasteiger partial charge in [0.1, 0.15) is 18.5 Å². The Balaban J connectivity index is 2.16. The summed E-state index contributed by atoms with van der Waals surface area (Å²) < 4.78 is 5.86. The third kappa shape index (κ3) is 2.52. The third-order valence-electron chi connectivity index (χ3n) is 3.12. The maximum atomic E-state index is 6.27. The second kappa shape index (κ2) is 5.44. The fourth-order valence-corrected chi connectivity index (χ4v) is 2.64. The van der Waals surface area contributed by atoms with Crippen LogP contribution in [0.4, 0.5) is 5.69 Å². The van der Waals surface area contributed by atoms with Crippen LogP contribution < -0.4 is 5.73 Å². The summed E-state index contributed by atoms with van der Waals surface area (Å²) in [5.41, 5.74) is 8.33. The van der Waals surface area contributed by atoms with E-state index in [9.17, 15) is 0 Å². The van der Waals surface area contributed by atoms with Crippen LogP contribution in [0.25, 0.3) is 0 Å². The molecule has 1 unspecified atom stereocenters. The Morgan fingerprint density at radius 3 is 2.70 bits per heavy atom. The molecule has 5 heteroatoms. The summed E-state index contributed by atoms with van der Waals surface area (Å²) >= 11 is 12.4. The Bertz CT molecular complexity index is 685. The van der Waals surface area contributed by atoms with Crippen molar-refractivity contribution < 1.29 is 4.74 Å². The van der Waals surface area contributed by atoms with Crippen molar-refractivity contribution in [3.05, 3.63) is 63.6 Å². The fourth-order valence-electron chi connectivity index (χ4n) is 2.23. The van der Waals surface area contributed by atoms with Crippen LogP contribution >= 0.6 is 23.2 Å². The van der Waals surface area contributed by atoms with Crippen LogP contribution in [0.3, 0.4) is 0 Å². The van der Waals surface area contributed by atoms with Gasteiger partial charge in [0.05, 0.1) is 5.69 Å². The van der Waals surface area contributed by atoms with E-state index in [-0.39, 0.29) is 12.7 Å². The van der Waals surface area contributed by atoms with Crippen LogP contribution in [0.15, 0.2) is 47.5 Å². The number of nitrogens with zero attached hydrogens (tertiary/aromatic N) is 1. The number of aliphatic imine (C=N–C) groups is 1. The van der Waals surface area contributed by atoms with Crippen molar-refractivity contribution in [2.45, 2.75) is 6.10 Å². The lowest BCUT2D eigenvalue weighted by Crippen LogP contribution is -2.19. The molecule has 0 aliphatic carbocycles. The quantitative estimate of drug-likeness (QED) is 0.862. The van der Waals surface area contributed by atoms with E-state index >= 15 is 0 Å². The maximum Gasteiger partial charge on any atom is 0.126 e. The number of rotatable bonds is 1. The van der Waals surface area contributed by atoms with E-state index in [2.05, 4.69) is 4.99 Å². The molecule has 0 saturated heterocycles. The minimum atomic E-state index is -0.331. The first kappa shape index (κ1) is 13.4. The molecule has 20 heavy (non-hydrogen) atoms. The molecule has 1 heterocycles. The highest BCUT2D eigenvalue weighted by atomic mass is 35.5. The first-order valence-electron chi connectivity index (χ1n) is 6.13. The highest BCUT2D eigenvalue weighted by molar-refractivity contribution is 6.31. The summed E-state index contributed by atoms with van der Waals surface area (Å²) in [4.78, 5) is 4.35. The molecular weight excluding hydrogens is 295 g/mol. The van der Waals surface area contributed by atoms with Gasteiger partial charge in [0, 0.05) is 21.2 Å². The molecule has 1 aliphatic heterocycles. The molecule has 0 aromatic heterocycles. The van der Waals surface area contributed by atoms with Crippen LogP contribution in [0.1, 0.15) is 17.2 Å². The molecule has 1 aliphatic rings. The normalized spacial score (nSPS) is 18.1. The summed E-state index contributed by atoms with van der Waals surface area (Å²) in [7, 11) is 0. The van der Waals surface area contributed by atoms with E-state index in [0.29, 0.717) is 15.9 Å². The van der Waals surface area contributed by atoms with Gasteiger partial charge in [-0.2, -0.15) is 0 Å². The number of benzene rings is 2. The summed E-state index contributed by atoms with van der Waals surface area (Å²) in [6.07, 6.45) is -0.331. The van der Waals surface area contributed by atoms with Crippen LogP contribution in [-0.4, -0.2) is 12.4 Å². The molecule has 0 saturated carbocycles. The van der Waals surface area contributed by atoms with Gasteiger partial charge in [-0.3, -0.25) is 0 Å². The lowest BCUT2D eigenvalue weighted by Gasteiger charge is -2.19. The highest BCUT2D eigenvalue weighted by Gasteiger charge is 2.23. The zero-order chi connectivity index (χ0) is 14.1. The van der Waals surface area contributed by atoms with Crippen molar-refractivity contribution in [2.75, 3.05) is 6.61 Å². The van der Waals surface area contributed by atoms with Gasteiger partial charge in [-0.1, -0.05) is 41.4 Å². The van der Waals surface area contributed by atoms with Crippen molar-refractivity contribution in [2.24, 2.45) is 10.7 Å². The number of ether oxygens (including phenoxy) is 1. The smallest absolute Gasteiger partial charge is 0.126 e. The molecule has 0 radical (unpaired) electrons. The van der Waals surface area contributed by atoms with Gasteiger partial charge < -0.3 is 10.5 Å². The molecule has 0 bridgehead atoms. The average molecular weight is 307 g/mol. The van der Waals surface area contributed by atoms with E-state index in [4.69, 9.17) is 33.7 Å². The molecule has 2 N–H and O–H groups in total. The largest absolute Gasteiger partial charge is 0.385 e. The van der Waals surface area contributed by atoms with Crippen molar-refractivity contribution in [3.8, 4) is 0 Å². The van der Waals surface area contributed by atoms with E-state index in [1.165, 1.54) is 0 Å². The average Bonchev–Trinajstić information content (AvgIpc) is 2.58. The Kier molecular flexibility index (Phi) is 3.66. The van der Waals surface area contributed by atoms with Crippen molar-refractivity contribution in [1.82, 2.24) is 0 Å². The fraction of sp³-hybridized carbons (Fsp3) is 0.133. The minimum Gasteiger partial charge on any atom is -0.385 e. The first-order chi connectivity index (χ1) is 9.65. The van der Waals surface area contributed by atoms with Crippen LogP contribution in [-0.2, 0) is 4.74 Å². The summed E-state index contributed by atoms with van der Waals surface area (Å²) in [6.45, 7) is 0.252. The van der Waals surface area contributed by atoms with Gasteiger partial charge in [0.2, 0.25) is 0 Å². The predicted octanol–water partition coefficient (Wildman–Crippen LogP) is 4.10. The Labute approximate surface area is 127 Å². The van der Waals surface area contributed by atoms with Crippen molar-refractivity contribution in [3.63, 3.8) is 0 Å². The maximum absolute atomic E-state index is 6.27. The van der Waals surface area contributed by atoms with Crippen molar-refractivity contribution >= 4 is 34.7 Å². The second-order valence-corrected chi connectivity index (χ2v) is 5.36. The van der Waals surface area contributed by atoms with Gasteiger partial charge in [0.15, 0.2) is 0 Å². The molecule has 0 fully saturated rings. The SMILES string of the molecule is NC1=Nc2ccc(Cl)cc2C(c2ccccc2Cl)OC1. The first-order valence-corrected chi connectivity index (χ1v) is 6.89. The van der Waals surface area contributed by atoms with Gasteiger partial charge in [-0.05, 0) is 24.3 Å². The Morgan fingerprint density at radius 2 is 1.90 bits per heavy atom. The van der Waals surface area contributed by atoms with Gasteiger partial charge in [-0.15, -0.1) is 0 Å². The number of halogens is 2. The predicted molar refractivity (Wildman–Crippen MR) is 82.0 cm³/mol. The topological polar surface area (TPSA) is 47.6 Å². The Hall–Kier alpha value is -1.55. The summed E-state index contributed by atoms with van der Waals surface area (Å²) in [5.74, 6) is 0.433. The van der Waals surface area contributed by atoms with Gasteiger partial charge in [0.25, 0.3) is 0 Å². The molecule has 0 spiro atoms. The molecule has 3 rings (SSSR count). The number of nitrogens with two attached hydrogens (primary N) is 1. The third-order valence-corrected chi connectivity index (χ3v) is 3.70. The zero-order valence-corrected chi connectivity index (χ0v) is 12.0. The molecule has 2 aromatic rings. The standard InChI is InChI=1S/C15H12Cl2N2O/c16-9-5-6-13-11(7-9)15(20-8-14(18)19-13)10-3-1-2-4-12(10)17/h1-7,15H,8H2,(H2,18,19). The van der Waals surface area contributed by atoms with Crippen molar-refractivity contribution in [1.29, 1.82) is 0 Å². The van der Waals surface area contributed by atoms with E-state index in [0.717, 1.165) is 16.8 Å². The highest BCUT2D eigenvalue weighted by Crippen LogP contribution is 2.38. The summed E-state index contributed by atoms with van der Waals surface area (Å²) in [6, 6.07) is 13.0. The lowest BCUT2D eigenvalue weighted by atomic mass is 10.00. The van der Waals surface area contributed by atoms with Crippen LogP contribution in [0.2, 0.25) is 10.0 Å². The molecule has 0 amide bonds. The monoisotopic (exact) mass is 306 g/mol. The van der Waals surface area contributed by atoms with Crippen LogP contribution in [0.5, 0.6) is 0 Å². The second-order valence-electron chi connectivity index (χ2n) is 4.52. The lowest BCUT2D eigenvalue weighted by molar-refractivity contribution is 0.114. The molecule has 1 atom stereocenters. The molecule has 102 valence electrons.